The first-order valence-electron chi connectivity index (χ1n) is 7.90. The molecule has 2 rings (SSSR count). The Bertz CT molecular complexity index is 643. The Morgan fingerprint density at radius 1 is 1.20 bits per heavy atom. The molecule has 140 valence electrons. The normalized spacial score (nSPS) is 12.4. The minimum atomic E-state index is -0.615. The zero-order chi connectivity index (χ0) is 17.6. The van der Waals surface area contributed by atoms with E-state index in [1.165, 1.54) is 0 Å². The highest BCUT2D eigenvalue weighted by Crippen LogP contribution is 2.27. The molecule has 0 bridgehead atoms. The molecule has 0 aliphatic carbocycles. The van der Waals surface area contributed by atoms with Crippen LogP contribution in [0.5, 0.6) is 11.5 Å². The van der Waals surface area contributed by atoms with E-state index >= 15 is 0 Å². The van der Waals surface area contributed by atoms with E-state index in [0.717, 1.165) is 0 Å². The molecule has 7 nitrogen and oxygen atoms in total. The summed E-state index contributed by atoms with van der Waals surface area (Å²) in [6.07, 6.45) is -0.615. The number of halogens is 1. The number of aliphatic hydroxyl groups excluding tert-OH is 1. The summed E-state index contributed by atoms with van der Waals surface area (Å²) in [5.74, 6) is 2.08. The van der Waals surface area contributed by atoms with Gasteiger partial charge in [-0.1, -0.05) is 17.3 Å². The summed E-state index contributed by atoms with van der Waals surface area (Å²) in [6, 6.07) is 7.27. The van der Waals surface area contributed by atoms with Crippen LogP contribution in [0, 0.1) is 6.92 Å². The van der Waals surface area contributed by atoms with Crippen molar-refractivity contribution in [1.29, 1.82) is 0 Å². The number of benzene rings is 1. The second-order valence-corrected chi connectivity index (χ2v) is 6.57. The number of rotatable bonds is 8. The number of aryl methyl sites for hydroxylation is 1. The molecule has 2 N–H and O–H groups in total. The van der Waals surface area contributed by atoms with Gasteiger partial charge in [-0.2, -0.15) is 4.98 Å². The summed E-state index contributed by atoms with van der Waals surface area (Å²) in [4.78, 5) is 4.09. The van der Waals surface area contributed by atoms with Gasteiger partial charge in [0.1, 0.15) is 12.7 Å². The lowest BCUT2D eigenvalue weighted by Gasteiger charge is -2.23. The maximum atomic E-state index is 10.0. The Labute approximate surface area is 154 Å². The maximum absolute atomic E-state index is 10.0. The van der Waals surface area contributed by atoms with Gasteiger partial charge in [-0.15, -0.1) is 0 Å². The highest BCUT2D eigenvalue weighted by atomic mass is 35.5. The molecule has 1 aromatic carbocycles. The fraction of sp³-hybridized carbons (Fsp3) is 0.529. The first kappa shape index (κ1) is 21.2. The topological polar surface area (TPSA) is 89.6 Å². The highest BCUT2D eigenvalue weighted by Gasteiger charge is 2.14. The summed E-state index contributed by atoms with van der Waals surface area (Å²) in [5.41, 5.74) is -0.0514. The van der Waals surface area contributed by atoms with E-state index in [9.17, 15) is 5.11 Å². The van der Waals surface area contributed by atoms with Crippen molar-refractivity contribution in [3.8, 4) is 11.5 Å². The van der Waals surface area contributed by atoms with Gasteiger partial charge in [0.05, 0.1) is 0 Å². The molecule has 0 aliphatic rings. The van der Waals surface area contributed by atoms with Crippen molar-refractivity contribution in [1.82, 2.24) is 15.5 Å². The van der Waals surface area contributed by atoms with Gasteiger partial charge in [0.2, 0.25) is 0 Å². The molecule has 25 heavy (non-hydrogen) atoms. The quantitative estimate of drug-likeness (QED) is 0.621. The van der Waals surface area contributed by atoms with Crippen molar-refractivity contribution in [3.63, 3.8) is 0 Å². The number of nitrogens with one attached hydrogen (secondary N) is 1. The SMILES string of the molecule is Cc1noc(COc2ccccc2OCC(O)CNC(C)(C)C)n1.[Cl-]. The number of para-hydroxylation sites is 2. The third-order valence-electron chi connectivity index (χ3n) is 3.07. The molecule has 2 aromatic rings. The third kappa shape index (κ3) is 7.72. The average Bonchev–Trinajstić information content (AvgIpc) is 2.94. The van der Waals surface area contributed by atoms with Gasteiger partial charge >= 0.3 is 0 Å². The number of nitrogens with zero attached hydrogens (tertiary/aromatic N) is 2. The summed E-state index contributed by atoms with van der Waals surface area (Å²) >= 11 is 0. The second kappa shape index (κ2) is 9.60. The van der Waals surface area contributed by atoms with Gasteiger partial charge in [-0.25, -0.2) is 0 Å². The predicted octanol–water partition coefficient (Wildman–Crippen LogP) is -0.911. The fourth-order valence-corrected chi connectivity index (χ4v) is 1.90. The molecule has 0 amide bonds. The minimum absolute atomic E-state index is 0. The van der Waals surface area contributed by atoms with E-state index in [2.05, 4.69) is 15.5 Å². The molecular weight excluding hydrogens is 346 g/mol. The van der Waals surface area contributed by atoms with E-state index in [4.69, 9.17) is 14.0 Å². The zero-order valence-corrected chi connectivity index (χ0v) is 15.7. The number of β-amino-alcohol motifs (C(OH)–C–C–N with tert-alkyl or cyclic N) is 1. The van der Waals surface area contributed by atoms with Crippen molar-refractivity contribution in [2.75, 3.05) is 13.2 Å². The van der Waals surface area contributed by atoms with E-state index in [0.29, 0.717) is 29.8 Å². The first-order valence-corrected chi connectivity index (χ1v) is 7.90. The van der Waals surface area contributed by atoms with Crippen LogP contribution >= 0.6 is 0 Å². The molecule has 0 fully saturated rings. The summed E-state index contributed by atoms with van der Waals surface area (Å²) in [5, 5.41) is 17.0. The smallest absolute Gasteiger partial charge is 0.264 e. The first-order chi connectivity index (χ1) is 11.3. The lowest BCUT2D eigenvalue weighted by molar-refractivity contribution is -0.00000810. The number of aliphatic hydroxyl groups is 1. The second-order valence-electron chi connectivity index (χ2n) is 6.57. The van der Waals surface area contributed by atoms with Crippen LogP contribution in [0.15, 0.2) is 28.8 Å². The van der Waals surface area contributed by atoms with Crippen LogP contribution in [-0.4, -0.2) is 40.0 Å². The third-order valence-corrected chi connectivity index (χ3v) is 3.07. The number of aromatic nitrogens is 2. The minimum Gasteiger partial charge on any atom is -1.00 e. The largest absolute Gasteiger partial charge is 1.00 e. The molecule has 0 spiro atoms. The van der Waals surface area contributed by atoms with E-state index < -0.39 is 6.10 Å². The summed E-state index contributed by atoms with van der Waals surface area (Å²) in [6.45, 7) is 8.66. The van der Waals surface area contributed by atoms with Gasteiger partial charge < -0.3 is 36.8 Å². The average molecular weight is 371 g/mol. The van der Waals surface area contributed by atoms with E-state index in [1.807, 2.05) is 32.9 Å². The lowest BCUT2D eigenvalue weighted by Crippen LogP contribution is -3.00. The summed E-state index contributed by atoms with van der Waals surface area (Å²) in [7, 11) is 0. The highest BCUT2D eigenvalue weighted by molar-refractivity contribution is 5.39. The zero-order valence-electron chi connectivity index (χ0n) is 15.0. The van der Waals surface area contributed by atoms with Crippen LogP contribution in [-0.2, 0) is 6.61 Å². The molecule has 1 atom stereocenters. The monoisotopic (exact) mass is 370 g/mol. The molecule has 0 radical (unpaired) electrons. The Morgan fingerprint density at radius 2 is 1.84 bits per heavy atom. The molecule has 1 unspecified atom stereocenters. The predicted molar refractivity (Wildman–Crippen MR) is 89.1 cm³/mol. The van der Waals surface area contributed by atoms with E-state index in [1.54, 1.807) is 19.1 Å². The van der Waals surface area contributed by atoms with Gasteiger partial charge in [0.25, 0.3) is 5.89 Å². The lowest BCUT2D eigenvalue weighted by atomic mass is 10.1. The van der Waals surface area contributed by atoms with Crippen molar-refractivity contribution >= 4 is 0 Å². The van der Waals surface area contributed by atoms with Crippen LogP contribution in [0.25, 0.3) is 0 Å². The van der Waals surface area contributed by atoms with Gasteiger partial charge in [-0.3, -0.25) is 0 Å². The van der Waals surface area contributed by atoms with Crippen LogP contribution in [0.2, 0.25) is 0 Å². The molecule has 1 aromatic heterocycles. The number of ether oxygens (including phenoxy) is 2. The Balaban J connectivity index is 0.00000312. The summed E-state index contributed by atoms with van der Waals surface area (Å²) < 4.78 is 16.4. The Hall–Kier alpha value is -1.83. The molecule has 1 heterocycles. The molecular formula is C17H25ClN3O4-. The van der Waals surface area contributed by atoms with Crippen LogP contribution < -0.4 is 27.2 Å². The van der Waals surface area contributed by atoms with Crippen molar-refractivity contribution in [3.05, 3.63) is 36.0 Å². The van der Waals surface area contributed by atoms with Crippen molar-refractivity contribution in [2.24, 2.45) is 0 Å². The molecule has 8 heteroatoms. The van der Waals surface area contributed by atoms with Crippen LogP contribution in [0.3, 0.4) is 0 Å². The standard InChI is InChI=1S/C17H25N3O4.ClH/c1-12-19-16(24-20-12)11-23-15-8-6-5-7-14(15)22-10-13(21)9-18-17(2,3)4;/h5-8,13,18,21H,9-11H2,1-4H3;1H/p-1. The maximum Gasteiger partial charge on any atom is 0.264 e. The van der Waals surface area contributed by atoms with Crippen molar-refractivity contribution < 1.29 is 31.5 Å². The Morgan fingerprint density at radius 3 is 2.40 bits per heavy atom. The number of hydrogen-bond donors (Lipinski definition) is 2. The van der Waals surface area contributed by atoms with Gasteiger partial charge in [-0.05, 0) is 39.8 Å². The van der Waals surface area contributed by atoms with Gasteiger partial charge in [0.15, 0.2) is 23.9 Å². The van der Waals surface area contributed by atoms with E-state index in [-0.39, 0.29) is 31.2 Å². The Kier molecular flexibility index (Phi) is 8.15. The van der Waals surface area contributed by atoms with Crippen molar-refractivity contribution in [2.45, 2.75) is 45.9 Å². The fourth-order valence-electron chi connectivity index (χ4n) is 1.90. The van der Waals surface area contributed by atoms with Crippen LogP contribution in [0.4, 0.5) is 0 Å². The van der Waals surface area contributed by atoms with Gasteiger partial charge in [0, 0.05) is 12.1 Å². The van der Waals surface area contributed by atoms with Crippen LogP contribution in [0.1, 0.15) is 32.5 Å². The number of hydrogen-bond acceptors (Lipinski definition) is 7. The molecule has 0 saturated heterocycles. The molecule has 0 aliphatic heterocycles. The molecule has 0 saturated carbocycles.